The molecule has 108 valence electrons. The molecule has 3 rings (SSSR count). The molecule has 0 radical (unpaired) electrons. The van der Waals surface area contributed by atoms with Gasteiger partial charge < -0.3 is 4.90 Å². The van der Waals surface area contributed by atoms with E-state index in [0.29, 0.717) is 19.0 Å². The number of nitrogens with zero attached hydrogens (tertiary/aromatic N) is 1. The van der Waals surface area contributed by atoms with Crippen LogP contribution in [0.2, 0.25) is 0 Å². The van der Waals surface area contributed by atoms with Crippen LogP contribution in [0.5, 0.6) is 0 Å². The smallest absolute Gasteiger partial charge is 0.230 e. The summed E-state index contributed by atoms with van der Waals surface area (Å²) in [4.78, 5) is 14.6. The van der Waals surface area contributed by atoms with Gasteiger partial charge in [0.05, 0.1) is 5.92 Å². The van der Waals surface area contributed by atoms with Crippen molar-refractivity contribution in [1.82, 2.24) is 4.90 Å². The van der Waals surface area contributed by atoms with Gasteiger partial charge in [-0.05, 0) is 23.1 Å². The molecule has 2 aromatic rings. The van der Waals surface area contributed by atoms with Crippen molar-refractivity contribution in [1.29, 1.82) is 0 Å². The summed E-state index contributed by atoms with van der Waals surface area (Å²) in [5, 5.41) is 0. The van der Waals surface area contributed by atoms with E-state index in [1.54, 1.807) is 0 Å². The van der Waals surface area contributed by atoms with Crippen molar-refractivity contribution in [3.05, 3.63) is 71.3 Å². The van der Waals surface area contributed by atoms with E-state index in [-0.39, 0.29) is 11.8 Å². The van der Waals surface area contributed by atoms with Crippen molar-refractivity contribution in [2.24, 2.45) is 0 Å². The minimum atomic E-state index is 0.00753. The summed E-state index contributed by atoms with van der Waals surface area (Å²) in [6.07, 6.45) is 0.850. The zero-order valence-electron chi connectivity index (χ0n) is 11.8. The molecule has 1 aliphatic rings. The van der Waals surface area contributed by atoms with Gasteiger partial charge in [0.1, 0.15) is 0 Å². The lowest BCUT2D eigenvalue weighted by Crippen LogP contribution is -2.40. The second kappa shape index (κ2) is 6.31. The quantitative estimate of drug-likeness (QED) is 0.773. The van der Waals surface area contributed by atoms with Crippen molar-refractivity contribution in [2.45, 2.75) is 18.9 Å². The zero-order chi connectivity index (χ0) is 14.7. The molecule has 2 aromatic carbocycles. The number of hydrogen-bond donors (Lipinski definition) is 0. The summed E-state index contributed by atoms with van der Waals surface area (Å²) in [5.41, 5.74) is 3.61. The number of benzene rings is 2. The topological polar surface area (TPSA) is 20.3 Å². The highest BCUT2D eigenvalue weighted by Gasteiger charge is 2.34. The molecule has 21 heavy (non-hydrogen) atoms. The summed E-state index contributed by atoms with van der Waals surface area (Å²) >= 11 is 5.88. The Kier molecular flexibility index (Phi) is 4.26. The van der Waals surface area contributed by atoms with Gasteiger partial charge in [-0.2, -0.15) is 0 Å². The first kappa shape index (κ1) is 14.2. The summed E-state index contributed by atoms with van der Waals surface area (Å²) in [7, 11) is 0. The van der Waals surface area contributed by atoms with Gasteiger partial charge in [0.2, 0.25) is 5.91 Å². The molecule has 3 heteroatoms. The highest BCUT2D eigenvalue weighted by atomic mass is 35.5. The third kappa shape index (κ3) is 2.96. The Morgan fingerprint density at radius 2 is 1.81 bits per heavy atom. The van der Waals surface area contributed by atoms with Crippen LogP contribution in [0, 0.1) is 0 Å². The van der Waals surface area contributed by atoms with Crippen molar-refractivity contribution in [3.63, 3.8) is 0 Å². The van der Waals surface area contributed by atoms with Crippen LogP contribution in [0.15, 0.2) is 54.6 Å². The maximum atomic E-state index is 12.7. The normalized spacial score (nSPS) is 16.0. The van der Waals surface area contributed by atoms with Crippen LogP contribution < -0.4 is 0 Å². The predicted octanol–water partition coefficient (Wildman–Crippen LogP) is 3.59. The van der Waals surface area contributed by atoms with E-state index in [1.807, 2.05) is 47.4 Å². The molecule has 0 saturated carbocycles. The molecule has 1 aliphatic carbocycles. The summed E-state index contributed by atoms with van der Waals surface area (Å²) in [6.45, 7) is 1.22. The molecule has 0 fully saturated rings. The van der Waals surface area contributed by atoms with Crippen molar-refractivity contribution >= 4 is 17.5 Å². The van der Waals surface area contributed by atoms with Crippen LogP contribution in [-0.2, 0) is 17.8 Å². The number of fused-ring (bicyclic) bond motifs is 1. The standard InChI is InChI=1S/C18H18ClNO/c19-10-11-20(13-14-6-2-1-3-7-14)18(21)17-12-15-8-4-5-9-16(15)17/h1-9,17H,10-13H2. The average Bonchev–Trinajstić information content (AvgIpc) is 2.49. The molecular formula is C18H18ClNO. The first-order valence-electron chi connectivity index (χ1n) is 7.26. The number of carbonyl (C=O) groups excluding carboxylic acids is 1. The Balaban J connectivity index is 1.74. The second-order valence-corrected chi connectivity index (χ2v) is 5.77. The molecule has 0 aliphatic heterocycles. The number of amides is 1. The monoisotopic (exact) mass is 299 g/mol. The molecule has 0 heterocycles. The Hall–Kier alpha value is -1.80. The number of carbonyl (C=O) groups is 1. The van der Waals surface area contributed by atoms with Gasteiger partial charge in [0.25, 0.3) is 0 Å². The van der Waals surface area contributed by atoms with Gasteiger partial charge >= 0.3 is 0 Å². The fourth-order valence-corrected chi connectivity index (χ4v) is 3.08. The van der Waals surface area contributed by atoms with E-state index in [0.717, 1.165) is 12.0 Å². The minimum Gasteiger partial charge on any atom is -0.337 e. The van der Waals surface area contributed by atoms with E-state index in [9.17, 15) is 4.79 Å². The van der Waals surface area contributed by atoms with Crippen LogP contribution in [0.1, 0.15) is 22.6 Å². The molecule has 1 unspecified atom stereocenters. The number of hydrogen-bond acceptors (Lipinski definition) is 1. The van der Waals surface area contributed by atoms with Gasteiger partial charge in [-0.25, -0.2) is 0 Å². The van der Waals surface area contributed by atoms with Gasteiger partial charge in [0.15, 0.2) is 0 Å². The molecule has 2 nitrogen and oxygen atoms in total. The van der Waals surface area contributed by atoms with Crippen LogP contribution in [0.3, 0.4) is 0 Å². The highest BCUT2D eigenvalue weighted by Crippen LogP contribution is 2.36. The van der Waals surface area contributed by atoms with Gasteiger partial charge in [-0.1, -0.05) is 54.6 Å². The molecular weight excluding hydrogens is 282 g/mol. The van der Waals surface area contributed by atoms with E-state index < -0.39 is 0 Å². The first-order chi connectivity index (χ1) is 10.3. The number of halogens is 1. The lowest BCUT2D eigenvalue weighted by Gasteiger charge is -2.34. The maximum Gasteiger partial charge on any atom is 0.230 e. The van der Waals surface area contributed by atoms with E-state index in [2.05, 4.69) is 12.1 Å². The molecule has 1 amide bonds. The molecule has 0 saturated heterocycles. The van der Waals surface area contributed by atoms with Gasteiger partial charge in [0, 0.05) is 19.0 Å². The minimum absolute atomic E-state index is 0.00753. The summed E-state index contributed by atoms with van der Waals surface area (Å²) in [5.74, 6) is 0.666. The third-order valence-electron chi connectivity index (χ3n) is 4.04. The SMILES string of the molecule is O=C(C1Cc2ccccc21)N(CCCl)Cc1ccccc1. The fourth-order valence-electron chi connectivity index (χ4n) is 2.87. The Morgan fingerprint density at radius 1 is 1.10 bits per heavy atom. The third-order valence-corrected chi connectivity index (χ3v) is 4.20. The second-order valence-electron chi connectivity index (χ2n) is 5.39. The molecule has 1 atom stereocenters. The fraction of sp³-hybridized carbons (Fsp3) is 0.278. The van der Waals surface area contributed by atoms with Crippen molar-refractivity contribution in [2.75, 3.05) is 12.4 Å². The van der Waals surface area contributed by atoms with E-state index in [4.69, 9.17) is 11.6 Å². The number of alkyl halides is 1. The van der Waals surface area contributed by atoms with E-state index >= 15 is 0 Å². The van der Waals surface area contributed by atoms with Gasteiger partial charge in [-0.3, -0.25) is 4.79 Å². The van der Waals surface area contributed by atoms with Crippen LogP contribution in [0.25, 0.3) is 0 Å². The molecule has 0 N–H and O–H groups in total. The predicted molar refractivity (Wildman–Crippen MR) is 85.5 cm³/mol. The zero-order valence-corrected chi connectivity index (χ0v) is 12.6. The van der Waals surface area contributed by atoms with E-state index in [1.165, 1.54) is 11.1 Å². The molecule has 0 spiro atoms. The van der Waals surface area contributed by atoms with Crippen molar-refractivity contribution in [3.8, 4) is 0 Å². The average molecular weight is 300 g/mol. The van der Waals surface area contributed by atoms with Crippen LogP contribution >= 0.6 is 11.6 Å². The molecule has 0 aromatic heterocycles. The summed E-state index contributed by atoms with van der Waals surface area (Å²) in [6, 6.07) is 18.3. The first-order valence-corrected chi connectivity index (χ1v) is 7.79. The molecule has 0 bridgehead atoms. The largest absolute Gasteiger partial charge is 0.337 e. The van der Waals surface area contributed by atoms with Crippen molar-refractivity contribution < 1.29 is 4.79 Å². The Labute approximate surface area is 130 Å². The Bertz CT molecular complexity index is 626. The lowest BCUT2D eigenvalue weighted by molar-refractivity contribution is -0.133. The van der Waals surface area contributed by atoms with Crippen LogP contribution in [-0.4, -0.2) is 23.2 Å². The Morgan fingerprint density at radius 3 is 2.52 bits per heavy atom. The number of rotatable bonds is 5. The lowest BCUT2D eigenvalue weighted by atomic mass is 9.77. The summed E-state index contributed by atoms with van der Waals surface area (Å²) < 4.78 is 0. The van der Waals surface area contributed by atoms with Gasteiger partial charge in [-0.15, -0.1) is 11.6 Å². The highest BCUT2D eigenvalue weighted by molar-refractivity contribution is 6.18. The maximum absolute atomic E-state index is 12.7. The van der Waals surface area contributed by atoms with Crippen LogP contribution in [0.4, 0.5) is 0 Å².